The molecule has 8 nitrogen and oxygen atoms in total. The number of benzene rings is 2. The lowest BCUT2D eigenvalue weighted by atomic mass is 9.88. The van der Waals surface area contributed by atoms with Crippen molar-refractivity contribution in [2.24, 2.45) is 0 Å². The molecule has 37 heavy (non-hydrogen) atoms. The summed E-state index contributed by atoms with van der Waals surface area (Å²) in [5.74, 6) is 1.08. The van der Waals surface area contributed by atoms with Crippen molar-refractivity contribution in [1.82, 2.24) is 19.2 Å². The van der Waals surface area contributed by atoms with Crippen molar-refractivity contribution in [3.8, 4) is 17.5 Å². The molecular formula is C28H31N5O3S. The van der Waals surface area contributed by atoms with E-state index in [1.165, 1.54) is 16.1 Å². The Balaban J connectivity index is 1.34. The van der Waals surface area contributed by atoms with Gasteiger partial charge in [0.15, 0.2) is 0 Å². The Morgan fingerprint density at radius 1 is 1.08 bits per heavy atom. The number of nitrogens with zero attached hydrogens (tertiary/aromatic N) is 4. The molecule has 1 saturated heterocycles. The Kier molecular flexibility index (Phi) is 6.65. The quantitative estimate of drug-likeness (QED) is 0.564. The van der Waals surface area contributed by atoms with Gasteiger partial charge in [-0.1, -0.05) is 18.2 Å². The Morgan fingerprint density at radius 3 is 2.43 bits per heavy atom. The molecular weight excluding hydrogens is 486 g/mol. The Labute approximate surface area is 218 Å². The van der Waals surface area contributed by atoms with E-state index in [2.05, 4.69) is 11.1 Å². The standard InChI is InChI=1S/C28H31N5O3S/c1-18-14-19(2)24(15-23(18)27-30-25-10-13-33(37(3,35)36)17-26(25)31-27)28(34)32-11-8-22(9-12-32)21-6-4-20(16-29)5-7-21/h4-7,14-15,22H,8-13,17H2,1-3H3,(H,30,31). The number of hydrogen-bond donors (Lipinski definition) is 1. The molecule has 0 aliphatic carbocycles. The molecule has 3 heterocycles. The predicted octanol–water partition coefficient (Wildman–Crippen LogP) is 3.90. The van der Waals surface area contributed by atoms with Crippen molar-refractivity contribution >= 4 is 15.9 Å². The number of aromatic amines is 1. The van der Waals surface area contributed by atoms with Crippen molar-refractivity contribution in [3.63, 3.8) is 0 Å². The van der Waals surface area contributed by atoms with Crippen LogP contribution in [0.4, 0.5) is 0 Å². The number of fused-ring (bicyclic) bond motifs is 1. The summed E-state index contributed by atoms with van der Waals surface area (Å²) in [5.41, 5.74) is 7.05. The third-order valence-electron chi connectivity index (χ3n) is 7.62. The maximum absolute atomic E-state index is 13.6. The molecule has 1 aromatic heterocycles. The largest absolute Gasteiger partial charge is 0.341 e. The van der Waals surface area contributed by atoms with Crippen molar-refractivity contribution in [2.75, 3.05) is 25.9 Å². The Bertz CT molecular complexity index is 1490. The number of likely N-dealkylation sites (tertiary alicyclic amines) is 1. The van der Waals surface area contributed by atoms with Crippen LogP contribution in [0, 0.1) is 25.2 Å². The second kappa shape index (κ2) is 9.77. The van der Waals surface area contributed by atoms with Crippen LogP contribution in [0.5, 0.6) is 0 Å². The minimum absolute atomic E-state index is 0.0246. The number of sulfonamides is 1. The zero-order chi connectivity index (χ0) is 26.3. The molecule has 1 fully saturated rings. The van der Waals surface area contributed by atoms with Gasteiger partial charge < -0.3 is 9.88 Å². The first-order chi connectivity index (χ1) is 17.6. The van der Waals surface area contributed by atoms with E-state index in [1.54, 1.807) is 0 Å². The van der Waals surface area contributed by atoms with Crippen molar-refractivity contribution in [1.29, 1.82) is 5.26 Å². The molecule has 1 amide bonds. The van der Waals surface area contributed by atoms with E-state index in [9.17, 15) is 13.2 Å². The number of carbonyl (C=O) groups excluding carboxylic acids is 1. The molecule has 5 rings (SSSR count). The number of nitriles is 1. The second-order valence-electron chi connectivity index (χ2n) is 10.1. The SMILES string of the molecule is Cc1cc(C)c(-c2nc3c([nH]2)CN(S(C)(=O)=O)CC3)cc1C(=O)N1CCC(c2ccc(C#N)cc2)CC1. The van der Waals surface area contributed by atoms with Crippen LogP contribution in [-0.2, 0) is 23.0 Å². The van der Waals surface area contributed by atoms with E-state index in [4.69, 9.17) is 10.2 Å². The van der Waals surface area contributed by atoms with E-state index >= 15 is 0 Å². The number of rotatable bonds is 4. The fourth-order valence-corrected chi connectivity index (χ4v) is 6.22. The van der Waals surface area contributed by atoms with Crippen LogP contribution in [0.1, 0.15) is 62.8 Å². The molecule has 2 aliphatic heterocycles. The van der Waals surface area contributed by atoms with Crippen LogP contribution in [0.25, 0.3) is 11.4 Å². The fraction of sp³-hybridized carbons (Fsp3) is 0.393. The average molecular weight is 518 g/mol. The van der Waals surface area contributed by atoms with Crippen LogP contribution in [0.15, 0.2) is 36.4 Å². The number of aromatic nitrogens is 2. The monoisotopic (exact) mass is 517 g/mol. The molecule has 0 saturated carbocycles. The summed E-state index contributed by atoms with van der Waals surface area (Å²) >= 11 is 0. The molecule has 9 heteroatoms. The number of imidazole rings is 1. The Morgan fingerprint density at radius 2 is 1.78 bits per heavy atom. The normalized spacial score (nSPS) is 16.9. The van der Waals surface area contributed by atoms with Crippen molar-refractivity contribution < 1.29 is 13.2 Å². The van der Waals surface area contributed by atoms with Crippen LogP contribution >= 0.6 is 0 Å². The number of amides is 1. The van der Waals surface area contributed by atoms with E-state index in [1.807, 2.05) is 55.1 Å². The van der Waals surface area contributed by atoms with E-state index in [-0.39, 0.29) is 12.5 Å². The summed E-state index contributed by atoms with van der Waals surface area (Å²) in [6.45, 7) is 6.04. The topological polar surface area (TPSA) is 110 Å². The summed E-state index contributed by atoms with van der Waals surface area (Å²) in [4.78, 5) is 23.6. The lowest BCUT2D eigenvalue weighted by Crippen LogP contribution is -2.38. The molecule has 192 valence electrons. The van der Waals surface area contributed by atoms with Gasteiger partial charge >= 0.3 is 0 Å². The number of aryl methyl sites for hydroxylation is 2. The minimum Gasteiger partial charge on any atom is -0.341 e. The number of piperidine rings is 1. The van der Waals surface area contributed by atoms with E-state index in [0.29, 0.717) is 48.9 Å². The van der Waals surface area contributed by atoms with Gasteiger partial charge in [0.05, 0.1) is 35.8 Å². The maximum atomic E-state index is 13.6. The number of H-pyrrole nitrogens is 1. The van der Waals surface area contributed by atoms with Crippen molar-refractivity contribution in [2.45, 2.75) is 45.6 Å². The molecule has 0 unspecified atom stereocenters. The molecule has 0 radical (unpaired) electrons. The van der Waals surface area contributed by atoms with Crippen LogP contribution in [0.3, 0.4) is 0 Å². The first-order valence-electron chi connectivity index (χ1n) is 12.6. The van der Waals surface area contributed by atoms with E-state index in [0.717, 1.165) is 40.9 Å². The highest BCUT2D eigenvalue weighted by molar-refractivity contribution is 7.88. The third kappa shape index (κ3) is 5.04. The summed E-state index contributed by atoms with van der Waals surface area (Å²) in [7, 11) is -3.27. The summed E-state index contributed by atoms with van der Waals surface area (Å²) in [6.07, 6.45) is 3.56. The van der Waals surface area contributed by atoms with Crippen molar-refractivity contribution in [3.05, 3.63) is 75.6 Å². The van der Waals surface area contributed by atoms with Gasteiger partial charge in [-0.25, -0.2) is 13.4 Å². The number of carbonyl (C=O) groups is 1. The first kappa shape index (κ1) is 25.2. The molecule has 3 aromatic rings. The second-order valence-corrected chi connectivity index (χ2v) is 12.1. The zero-order valence-electron chi connectivity index (χ0n) is 21.4. The molecule has 2 aromatic carbocycles. The smallest absolute Gasteiger partial charge is 0.254 e. The third-order valence-corrected chi connectivity index (χ3v) is 8.87. The fourth-order valence-electron chi connectivity index (χ4n) is 5.43. The summed E-state index contributed by atoms with van der Waals surface area (Å²) in [6, 6.07) is 13.9. The van der Waals surface area contributed by atoms with Gasteiger partial charge in [0.1, 0.15) is 5.82 Å². The van der Waals surface area contributed by atoms with Gasteiger partial charge in [-0.3, -0.25) is 4.79 Å². The summed E-state index contributed by atoms with van der Waals surface area (Å²) < 4.78 is 25.5. The highest BCUT2D eigenvalue weighted by Crippen LogP contribution is 2.32. The molecule has 2 aliphatic rings. The first-order valence-corrected chi connectivity index (χ1v) is 14.4. The van der Waals surface area contributed by atoms with Gasteiger partial charge in [0.2, 0.25) is 10.0 Å². The predicted molar refractivity (Wildman–Crippen MR) is 141 cm³/mol. The maximum Gasteiger partial charge on any atom is 0.254 e. The molecule has 0 bridgehead atoms. The van der Waals surface area contributed by atoms with Gasteiger partial charge in [-0.05, 0) is 67.5 Å². The molecule has 0 atom stereocenters. The van der Waals surface area contributed by atoms with Crippen LogP contribution < -0.4 is 0 Å². The van der Waals surface area contributed by atoms with Crippen LogP contribution in [0.2, 0.25) is 0 Å². The molecule has 0 spiro atoms. The number of nitrogens with one attached hydrogen (secondary N) is 1. The van der Waals surface area contributed by atoms with Gasteiger partial charge in [-0.2, -0.15) is 9.57 Å². The lowest BCUT2D eigenvalue weighted by Gasteiger charge is -2.32. The van der Waals surface area contributed by atoms with E-state index < -0.39 is 10.0 Å². The van der Waals surface area contributed by atoms with Crippen LogP contribution in [-0.4, -0.2) is 59.4 Å². The highest BCUT2D eigenvalue weighted by Gasteiger charge is 2.28. The lowest BCUT2D eigenvalue weighted by molar-refractivity contribution is 0.0712. The average Bonchev–Trinajstić information content (AvgIpc) is 3.31. The van der Waals surface area contributed by atoms with Gasteiger partial charge in [0.25, 0.3) is 5.91 Å². The molecule has 1 N–H and O–H groups in total. The summed E-state index contributed by atoms with van der Waals surface area (Å²) in [5, 5.41) is 9.03. The zero-order valence-corrected chi connectivity index (χ0v) is 22.2. The number of hydrogen-bond acceptors (Lipinski definition) is 5. The Hall–Kier alpha value is -3.48. The minimum atomic E-state index is -3.27. The van der Waals surface area contributed by atoms with Gasteiger partial charge in [-0.15, -0.1) is 0 Å². The highest BCUT2D eigenvalue weighted by atomic mass is 32.2. The van der Waals surface area contributed by atoms with Gasteiger partial charge in [0, 0.05) is 37.2 Å².